The van der Waals surface area contributed by atoms with Gasteiger partial charge in [-0.05, 0) is 48.8 Å². The Morgan fingerprint density at radius 2 is 1.91 bits per heavy atom. The largest absolute Gasteiger partial charge is 0.320 e. The Bertz CT molecular complexity index is 731. The van der Waals surface area contributed by atoms with Crippen LogP contribution < -0.4 is 11.3 Å². The van der Waals surface area contributed by atoms with E-state index in [-0.39, 0.29) is 11.6 Å². The lowest BCUT2D eigenvalue weighted by molar-refractivity contribution is 0.495. The van der Waals surface area contributed by atoms with Gasteiger partial charge >= 0.3 is 0 Å². The van der Waals surface area contributed by atoms with E-state index in [9.17, 15) is 4.79 Å². The Balaban J connectivity index is 2.04. The van der Waals surface area contributed by atoms with Crippen molar-refractivity contribution in [3.05, 3.63) is 69.1 Å². The van der Waals surface area contributed by atoms with Gasteiger partial charge in [-0.2, -0.15) is 0 Å². The summed E-state index contributed by atoms with van der Waals surface area (Å²) in [7, 11) is 0. The second kappa shape index (κ2) is 6.71. The van der Waals surface area contributed by atoms with Crippen molar-refractivity contribution in [2.24, 2.45) is 11.7 Å². The Kier molecular flexibility index (Phi) is 4.67. The van der Waals surface area contributed by atoms with Crippen LogP contribution in [0.3, 0.4) is 0 Å². The SMILES string of the molecule is CC(C)CCn1c2c(cc(C(N)c3ccccc3)c1=O)CCC2. The van der Waals surface area contributed by atoms with Gasteiger partial charge in [-0.25, -0.2) is 0 Å². The van der Waals surface area contributed by atoms with Crippen LogP contribution in [0, 0.1) is 5.92 Å². The Hall–Kier alpha value is -1.87. The van der Waals surface area contributed by atoms with E-state index >= 15 is 0 Å². The number of pyridine rings is 1. The minimum Gasteiger partial charge on any atom is -0.320 e. The molecule has 0 radical (unpaired) electrons. The van der Waals surface area contributed by atoms with Crippen LogP contribution in [0.15, 0.2) is 41.2 Å². The molecule has 0 bridgehead atoms. The number of fused-ring (bicyclic) bond motifs is 1. The summed E-state index contributed by atoms with van der Waals surface area (Å²) in [6.07, 6.45) is 4.24. The molecule has 1 aromatic heterocycles. The van der Waals surface area contributed by atoms with Gasteiger partial charge in [-0.1, -0.05) is 44.2 Å². The summed E-state index contributed by atoms with van der Waals surface area (Å²) in [6.45, 7) is 5.20. The maximum absolute atomic E-state index is 13.0. The van der Waals surface area contributed by atoms with E-state index in [0.717, 1.165) is 43.4 Å². The van der Waals surface area contributed by atoms with E-state index in [1.165, 1.54) is 11.3 Å². The Morgan fingerprint density at radius 1 is 1.17 bits per heavy atom. The molecule has 3 rings (SSSR count). The Labute approximate surface area is 138 Å². The van der Waals surface area contributed by atoms with Crippen LogP contribution in [0.5, 0.6) is 0 Å². The first kappa shape index (κ1) is 16.0. The molecule has 3 heteroatoms. The molecule has 0 spiro atoms. The molecule has 1 atom stereocenters. The average Bonchev–Trinajstić information content (AvgIpc) is 3.01. The Morgan fingerprint density at radius 3 is 2.61 bits per heavy atom. The molecule has 0 amide bonds. The average molecular weight is 310 g/mol. The summed E-state index contributed by atoms with van der Waals surface area (Å²) in [5.74, 6) is 0.588. The number of hydrogen-bond donors (Lipinski definition) is 1. The third-order valence-electron chi connectivity index (χ3n) is 4.80. The van der Waals surface area contributed by atoms with Gasteiger partial charge in [0, 0.05) is 17.8 Å². The molecular formula is C20H26N2O. The molecule has 3 nitrogen and oxygen atoms in total. The van der Waals surface area contributed by atoms with Crippen molar-refractivity contribution in [3.63, 3.8) is 0 Å². The fourth-order valence-electron chi connectivity index (χ4n) is 3.43. The summed E-state index contributed by atoms with van der Waals surface area (Å²) in [6, 6.07) is 11.6. The second-order valence-corrected chi connectivity index (χ2v) is 6.95. The summed E-state index contributed by atoms with van der Waals surface area (Å²) in [4.78, 5) is 13.0. The van der Waals surface area contributed by atoms with Crippen LogP contribution in [-0.4, -0.2) is 4.57 Å². The van der Waals surface area contributed by atoms with Gasteiger partial charge in [0.25, 0.3) is 5.56 Å². The van der Waals surface area contributed by atoms with Crippen molar-refractivity contribution in [2.45, 2.75) is 52.1 Å². The number of benzene rings is 1. The normalized spacial score (nSPS) is 15.0. The van der Waals surface area contributed by atoms with Crippen molar-refractivity contribution in [1.82, 2.24) is 4.57 Å². The number of hydrogen-bond acceptors (Lipinski definition) is 2. The van der Waals surface area contributed by atoms with Crippen molar-refractivity contribution in [3.8, 4) is 0 Å². The monoisotopic (exact) mass is 310 g/mol. The van der Waals surface area contributed by atoms with E-state index in [0.29, 0.717) is 5.92 Å². The van der Waals surface area contributed by atoms with Gasteiger partial charge in [0.1, 0.15) is 0 Å². The van der Waals surface area contributed by atoms with Gasteiger partial charge in [0.2, 0.25) is 0 Å². The molecule has 23 heavy (non-hydrogen) atoms. The van der Waals surface area contributed by atoms with Crippen LogP contribution >= 0.6 is 0 Å². The fraction of sp³-hybridized carbons (Fsp3) is 0.450. The first-order valence-electron chi connectivity index (χ1n) is 8.64. The van der Waals surface area contributed by atoms with Crippen LogP contribution in [0.25, 0.3) is 0 Å². The molecule has 0 fully saturated rings. The maximum Gasteiger partial charge on any atom is 0.255 e. The van der Waals surface area contributed by atoms with Gasteiger partial charge in [0.15, 0.2) is 0 Å². The van der Waals surface area contributed by atoms with Gasteiger partial charge < -0.3 is 10.3 Å². The lowest BCUT2D eigenvalue weighted by atomic mass is 9.98. The first-order valence-corrected chi connectivity index (χ1v) is 8.64. The number of nitrogens with two attached hydrogens (primary N) is 1. The van der Waals surface area contributed by atoms with Gasteiger partial charge in [-0.15, -0.1) is 0 Å². The zero-order valence-corrected chi connectivity index (χ0v) is 14.1. The zero-order chi connectivity index (χ0) is 16.4. The number of aryl methyl sites for hydroxylation is 1. The van der Waals surface area contributed by atoms with Crippen molar-refractivity contribution < 1.29 is 0 Å². The molecule has 0 saturated heterocycles. The van der Waals surface area contributed by atoms with Crippen molar-refractivity contribution >= 4 is 0 Å². The lowest BCUT2D eigenvalue weighted by Gasteiger charge is -2.19. The zero-order valence-electron chi connectivity index (χ0n) is 14.1. The highest BCUT2D eigenvalue weighted by molar-refractivity contribution is 5.36. The third-order valence-corrected chi connectivity index (χ3v) is 4.80. The first-order chi connectivity index (χ1) is 11.1. The van der Waals surface area contributed by atoms with E-state index in [1.807, 2.05) is 34.9 Å². The van der Waals surface area contributed by atoms with Crippen LogP contribution in [0.4, 0.5) is 0 Å². The standard InChI is InChI=1S/C20H26N2O/c1-14(2)11-12-22-18-10-6-9-16(18)13-17(20(22)23)19(21)15-7-4-3-5-8-15/h3-5,7-8,13-14,19H,6,9-12,21H2,1-2H3. The van der Waals surface area contributed by atoms with Crippen LogP contribution in [0.2, 0.25) is 0 Å². The second-order valence-electron chi connectivity index (χ2n) is 6.95. The molecule has 0 saturated carbocycles. The summed E-state index contributed by atoms with van der Waals surface area (Å²) >= 11 is 0. The molecule has 122 valence electrons. The summed E-state index contributed by atoms with van der Waals surface area (Å²) in [5.41, 5.74) is 10.8. The quantitative estimate of drug-likeness (QED) is 0.919. The molecule has 1 aliphatic carbocycles. The lowest BCUT2D eigenvalue weighted by Crippen LogP contribution is -2.31. The molecular weight excluding hydrogens is 284 g/mol. The molecule has 1 aliphatic rings. The molecule has 1 unspecified atom stereocenters. The maximum atomic E-state index is 13.0. The highest BCUT2D eigenvalue weighted by Crippen LogP contribution is 2.25. The molecule has 2 N–H and O–H groups in total. The predicted octanol–water partition coefficient (Wildman–Crippen LogP) is 3.43. The minimum absolute atomic E-state index is 0.0997. The van der Waals surface area contributed by atoms with Crippen LogP contribution in [0.1, 0.15) is 55.1 Å². The van der Waals surface area contributed by atoms with Gasteiger partial charge in [-0.3, -0.25) is 4.79 Å². The smallest absolute Gasteiger partial charge is 0.255 e. The fourth-order valence-corrected chi connectivity index (χ4v) is 3.43. The van der Waals surface area contributed by atoms with E-state index in [1.54, 1.807) is 0 Å². The van der Waals surface area contributed by atoms with Crippen molar-refractivity contribution in [1.29, 1.82) is 0 Å². The van der Waals surface area contributed by atoms with E-state index < -0.39 is 0 Å². The molecule has 0 aliphatic heterocycles. The highest BCUT2D eigenvalue weighted by Gasteiger charge is 2.22. The van der Waals surface area contributed by atoms with Crippen molar-refractivity contribution in [2.75, 3.05) is 0 Å². The highest BCUT2D eigenvalue weighted by atomic mass is 16.1. The molecule has 2 aromatic rings. The van der Waals surface area contributed by atoms with E-state index in [2.05, 4.69) is 19.9 Å². The third kappa shape index (κ3) is 3.25. The summed E-state index contributed by atoms with van der Waals surface area (Å²) < 4.78 is 2.00. The minimum atomic E-state index is -0.347. The number of aromatic nitrogens is 1. The van der Waals surface area contributed by atoms with Crippen LogP contribution in [-0.2, 0) is 19.4 Å². The number of rotatable bonds is 5. The van der Waals surface area contributed by atoms with E-state index in [4.69, 9.17) is 5.73 Å². The van der Waals surface area contributed by atoms with Gasteiger partial charge in [0.05, 0.1) is 6.04 Å². The summed E-state index contributed by atoms with van der Waals surface area (Å²) in [5, 5.41) is 0. The predicted molar refractivity (Wildman–Crippen MR) is 94.7 cm³/mol. The molecule has 1 heterocycles. The topological polar surface area (TPSA) is 48.0 Å². The molecule has 1 aromatic carbocycles. The number of nitrogens with zero attached hydrogens (tertiary/aromatic N) is 1.